The van der Waals surface area contributed by atoms with E-state index in [1.165, 1.54) is 15.6 Å². The molecule has 0 saturated carbocycles. The van der Waals surface area contributed by atoms with Crippen molar-refractivity contribution in [2.45, 2.75) is 0 Å². The zero-order valence-corrected chi connectivity index (χ0v) is 38.8. The Balaban J connectivity index is 1.16. The molecule has 5 aromatic heterocycles. The summed E-state index contributed by atoms with van der Waals surface area (Å²) in [5.74, 6) is 1.45. The van der Waals surface area contributed by atoms with Crippen LogP contribution in [0.5, 0.6) is 0 Å². The van der Waals surface area contributed by atoms with Gasteiger partial charge in [-0.15, -0.1) is 0 Å². The third kappa shape index (κ3) is 5.93. The number of pyridine rings is 1. The van der Waals surface area contributed by atoms with E-state index < -0.39 is 8.07 Å². The first-order chi connectivity index (χ1) is 34.8. The van der Waals surface area contributed by atoms with E-state index in [1.807, 2.05) is 0 Å². The maximum Gasteiger partial charge on any atom is 0.240 e. The molecule has 14 aromatic rings. The van der Waals surface area contributed by atoms with Gasteiger partial charge in [-0.25, -0.2) is 0 Å². The van der Waals surface area contributed by atoms with Crippen molar-refractivity contribution in [2.24, 2.45) is 0 Å². The predicted molar refractivity (Wildman–Crippen MR) is 290 cm³/mol. The number of benzene rings is 9. The van der Waals surface area contributed by atoms with Crippen LogP contribution < -0.4 is 20.9 Å². The Bertz CT molecular complexity index is 3920. The van der Waals surface area contributed by atoms with E-state index in [0.29, 0.717) is 23.4 Å². The lowest BCUT2D eigenvalue weighted by Crippen LogP contribution is -2.75. The second-order valence-electron chi connectivity index (χ2n) is 17.8. The summed E-state index contributed by atoms with van der Waals surface area (Å²) in [7, 11) is -3.16. The maximum atomic E-state index is 6.08. The Hall–Kier alpha value is -9.24. The second kappa shape index (κ2) is 15.9. The molecule has 0 amide bonds. The van der Waals surface area contributed by atoms with Crippen LogP contribution in [-0.2, 0) is 0 Å². The van der Waals surface area contributed by atoms with Crippen molar-refractivity contribution >= 4 is 94.4 Å². The van der Waals surface area contributed by atoms with Gasteiger partial charge in [0.1, 0.15) is 5.69 Å². The van der Waals surface area contributed by atoms with Gasteiger partial charge in [0, 0.05) is 37.6 Å². The quantitative estimate of drug-likeness (QED) is 0.113. The van der Waals surface area contributed by atoms with Crippen molar-refractivity contribution in [3.05, 3.63) is 249 Å². The fraction of sp³-hybridized carbons (Fsp3) is 0. The van der Waals surface area contributed by atoms with Gasteiger partial charge in [-0.1, -0.05) is 200 Å². The minimum absolute atomic E-state index is 0.458. The molecule has 0 fully saturated rings. The summed E-state index contributed by atoms with van der Waals surface area (Å²) in [6.45, 7) is 0. The van der Waals surface area contributed by atoms with Gasteiger partial charge < -0.3 is 4.57 Å². The summed E-state index contributed by atoms with van der Waals surface area (Å²) in [5, 5.41) is 11.4. The van der Waals surface area contributed by atoms with Crippen LogP contribution in [-0.4, -0.2) is 41.7 Å². The Labute approximate surface area is 403 Å². The standard InChI is InChI=1S/C62H41N7Si/c1-4-22-42(23-5-1)70(43-24-6-2-7-25-43,44-26-8-3-9-27-44)58-41-40-57(67-51-34-16-10-28-45(51)46-29-11-17-35-52(46)67)59(63-58)60-64-61(68-53-36-18-12-30-47(53)48-31-13-19-37-54(48)68)66-62(65-60)69-55-38-20-14-32-49(55)50-33-15-21-39-56(50)69/h1-41H. The van der Waals surface area contributed by atoms with Crippen LogP contribution >= 0.6 is 0 Å². The Morgan fingerprint density at radius 2 is 0.557 bits per heavy atom. The minimum Gasteiger partial charge on any atom is -0.307 e. The number of fused-ring (bicyclic) bond motifs is 9. The van der Waals surface area contributed by atoms with Gasteiger partial charge >= 0.3 is 0 Å². The zero-order valence-electron chi connectivity index (χ0n) is 37.8. The highest BCUT2D eigenvalue weighted by molar-refractivity contribution is 7.19. The lowest BCUT2D eigenvalue weighted by Gasteiger charge is -2.33. The van der Waals surface area contributed by atoms with Gasteiger partial charge in [-0.3, -0.25) is 14.1 Å². The molecule has 5 heterocycles. The van der Waals surface area contributed by atoms with Crippen molar-refractivity contribution in [3.8, 4) is 29.1 Å². The summed E-state index contributed by atoms with van der Waals surface area (Å²) in [5.41, 5.74) is 7.65. The number of aromatic nitrogens is 7. The molecule has 0 N–H and O–H groups in total. The largest absolute Gasteiger partial charge is 0.307 e. The summed E-state index contributed by atoms with van der Waals surface area (Å²) in [6, 6.07) is 88.7. The lowest BCUT2D eigenvalue weighted by atomic mass is 10.2. The highest BCUT2D eigenvalue weighted by Gasteiger charge is 2.43. The molecule has 0 radical (unpaired) electrons. The fourth-order valence-electron chi connectivity index (χ4n) is 11.1. The summed E-state index contributed by atoms with van der Waals surface area (Å²) in [6.07, 6.45) is 0. The molecule has 14 rings (SSSR count). The molecular weight excluding hydrogens is 871 g/mol. The molecular formula is C62H41N7Si. The highest BCUT2D eigenvalue weighted by Crippen LogP contribution is 2.37. The van der Waals surface area contributed by atoms with E-state index in [-0.39, 0.29) is 0 Å². The van der Waals surface area contributed by atoms with Crippen molar-refractivity contribution in [2.75, 3.05) is 0 Å². The molecule has 0 aliphatic heterocycles. The van der Waals surface area contributed by atoms with Crippen LogP contribution in [0, 0.1) is 0 Å². The monoisotopic (exact) mass is 911 g/mol. The van der Waals surface area contributed by atoms with Crippen LogP contribution in [0.2, 0.25) is 0 Å². The van der Waals surface area contributed by atoms with Gasteiger partial charge in [-0.2, -0.15) is 15.0 Å². The van der Waals surface area contributed by atoms with Crippen molar-refractivity contribution in [1.29, 1.82) is 0 Å². The third-order valence-corrected chi connectivity index (χ3v) is 18.7. The first kappa shape index (κ1) is 39.9. The molecule has 70 heavy (non-hydrogen) atoms. The predicted octanol–water partition coefficient (Wildman–Crippen LogP) is 11.6. The molecule has 7 nitrogen and oxygen atoms in total. The van der Waals surface area contributed by atoms with Crippen LogP contribution in [0.3, 0.4) is 0 Å². The summed E-state index contributed by atoms with van der Waals surface area (Å²) >= 11 is 0. The first-order valence-corrected chi connectivity index (χ1v) is 25.7. The topological polar surface area (TPSA) is 66.3 Å². The molecule has 0 atom stereocenters. The second-order valence-corrected chi connectivity index (χ2v) is 21.5. The van der Waals surface area contributed by atoms with E-state index in [1.54, 1.807) is 0 Å². The summed E-state index contributed by atoms with van der Waals surface area (Å²) < 4.78 is 6.72. The van der Waals surface area contributed by atoms with Crippen molar-refractivity contribution in [3.63, 3.8) is 0 Å². The molecule has 8 heteroatoms. The average molecular weight is 912 g/mol. The van der Waals surface area contributed by atoms with Crippen LogP contribution in [0.4, 0.5) is 0 Å². The molecule has 0 aliphatic carbocycles. The zero-order chi connectivity index (χ0) is 46.2. The average Bonchev–Trinajstić information content (AvgIpc) is 4.08. The number of hydrogen-bond acceptors (Lipinski definition) is 4. The number of rotatable bonds is 8. The SMILES string of the molecule is c1ccc([Si](c2ccccc2)(c2ccccc2)c2ccc(-n3c4ccccc4c4ccccc43)c(-c3nc(-n4c5ccccc5c5ccccc54)nc(-n4c5ccccc5c5ccccc54)n3)n2)cc1. The third-order valence-electron chi connectivity index (χ3n) is 14.1. The van der Waals surface area contributed by atoms with Gasteiger partial charge in [0.05, 0.1) is 38.8 Å². The minimum atomic E-state index is -3.16. The van der Waals surface area contributed by atoms with E-state index in [0.717, 1.165) is 76.4 Å². The number of nitrogens with zero attached hydrogens (tertiary/aromatic N) is 7. The molecule has 0 bridgehead atoms. The van der Waals surface area contributed by atoms with Gasteiger partial charge in [0.15, 0.2) is 5.82 Å². The van der Waals surface area contributed by atoms with Crippen molar-refractivity contribution in [1.82, 2.24) is 33.6 Å². The highest BCUT2D eigenvalue weighted by atomic mass is 28.3. The summed E-state index contributed by atoms with van der Waals surface area (Å²) in [4.78, 5) is 22.9. The van der Waals surface area contributed by atoms with E-state index in [4.69, 9.17) is 19.9 Å². The Morgan fingerprint density at radius 3 is 0.900 bits per heavy atom. The van der Waals surface area contributed by atoms with Crippen molar-refractivity contribution < 1.29 is 0 Å². The number of para-hydroxylation sites is 6. The van der Waals surface area contributed by atoms with Crippen LogP contribution in [0.1, 0.15) is 0 Å². The first-order valence-electron chi connectivity index (χ1n) is 23.7. The smallest absolute Gasteiger partial charge is 0.240 e. The van der Waals surface area contributed by atoms with Crippen LogP contribution in [0.25, 0.3) is 94.5 Å². The molecule has 0 spiro atoms. The Kier molecular flexibility index (Phi) is 9.08. The van der Waals surface area contributed by atoms with E-state index in [9.17, 15) is 0 Å². The number of hydrogen-bond donors (Lipinski definition) is 0. The molecule has 0 saturated heterocycles. The lowest BCUT2D eigenvalue weighted by molar-refractivity contribution is 0.888. The fourth-order valence-corrected chi connectivity index (χ4v) is 15.7. The van der Waals surface area contributed by atoms with Gasteiger partial charge in [0.25, 0.3) is 0 Å². The molecule has 0 aliphatic rings. The normalized spacial score (nSPS) is 12.0. The maximum absolute atomic E-state index is 6.08. The Morgan fingerprint density at radius 1 is 0.257 bits per heavy atom. The van der Waals surface area contributed by atoms with E-state index >= 15 is 0 Å². The van der Waals surface area contributed by atoms with E-state index in [2.05, 4.69) is 262 Å². The molecule has 328 valence electrons. The van der Waals surface area contributed by atoms with Gasteiger partial charge in [0.2, 0.25) is 20.0 Å². The molecule has 0 unspecified atom stereocenters. The van der Waals surface area contributed by atoms with Gasteiger partial charge in [-0.05, 0) is 64.1 Å². The van der Waals surface area contributed by atoms with Crippen LogP contribution in [0.15, 0.2) is 249 Å². The molecule has 9 aromatic carbocycles.